The third kappa shape index (κ3) is 6.98. The molecule has 0 aromatic heterocycles. The Hall–Kier alpha value is -1.03. The van der Waals surface area contributed by atoms with Crippen LogP contribution in [0.3, 0.4) is 0 Å². The molecule has 2 nitrogen and oxygen atoms in total. The average molecular weight is 350 g/mol. The first-order valence-corrected chi connectivity index (χ1v) is 6.96. The van der Waals surface area contributed by atoms with Crippen molar-refractivity contribution in [2.45, 2.75) is 33.6 Å². The Morgan fingerprint density at radius 1 is 1.05 bits per heavy atom. The number of carbonyl (C=O) groups is 1. The van der Waals surface area contributed by atoms with Gasteiger partial charge in [0.25, 0.3) is 0 Å². The summed E-state index contributed by atoms with van der Waals surface area (Å²) in [7, 11) is 0. The molecule has 1 N–H and O–H groups in total. The van der Waals surface area contributed by atoms with Gasteiger partial charge in [0.15, 0.2) is 0 Å². The van der Waals surface area contributed by atoms with Crippen LogP contribution in [-0.2, 0) is 11.2 Å². The molecule has 1 aromatic rings. The molecule has 0 spiro atoms. The lowest BCUT2D eigenvalue weighted by Gasteiger charge is -2.16. The Morgan fingerprint density at radius 2 is 1.62 bits per heavy atom. The number of carboxylic acids is 1. The zero-order chi connectivity index (χ0) is 16.3. The maximum atomic E-state index is 12.5. The molecular weight excluding hydrogens is 342 g/mol. The van der Waals surface area contributed by atoms with Crippen LogP contribution in [0.4, 0.5) is 26.3 Å². The number of rotatable bonds is 5. The van der Waals surface area contributed by atoms with E-state index in [0.29, 0.717) is 0 Å². The van der Waals surface area contributed by atoms with Crippen molar-refractivity contribution in [1.82, 2.24) is 0 Å². The summed E-state index contributed by atoms with van der Waals surface area (Å²) in [6, 6.07) is 3.29. The van der Waals surface area contributed by atoms with Crippen LogP contribution in [-0.4, -0.2) is 22.1 Å². The van der Waals surface area contributed by atoms with E-state index < -0.39 is 56.7 Å². The van der Waals surface area contributed by atoms with Gasteiger partial charge >= 0.3 is 17.0 Å². The first-order valence-electron chi connectivity index (χ1n) is 5.33. The third-order valence-electron chi connectivity index (χ3n) is 2.11. The Labute approximate surface area is 123 Å². The summed E-state index contributed by atoms with van der Waals surface area (Å²) in [5.74, 6) is -1.24. The molecule has 0 amide bonds. The molecule has 0 atom stereocenters. The highest BCUT2D eigenvalue weighted by molar-refractivity contribution is 8.03. The Morgan fingerprint density at radius 3 is 2.10 bits per heavy atom. The highest BCUT2D eigenvalue weighted by Gasteiger charge is 2.35. The second kappa shape index (κ2) is 6.82. The molecule has 0 heterocycles. The van der Waals surface area contributed by atoms with E-state index in [0.717, 1.165) is 6.07 Å². The molecule has 0 aliphatic heterocycles. The van der Waals surface area contributed by atoms with E-state index in [2.05, 4.69) is 0 Å². The highest BCUT2D eigenvalue weighted by atomic mass is 32.2. The van der Waals surface area contributed by atoms with E-state index in [-0.39, 0.29) is 12.0 Å². The summed E-state index contributed by atoms with van der Waals surface area (Å²) >= 11 is -1.32. The average Bonchev–Trinajstić information content (AvgIpc) is 2.25. The molecule has 10 heteroatoms. The molecular formula is C11H8F6O2S2. The van der Waals surface area contributed by atoms with E-state index in [4.69, 9.17) is 5.11 Å². The third-order valence-corrected chi connectivity index (χ3v) is 3.95. The topological polar surface area (TPSA) is 37.3 Å². The molecule has 0 fully saturated rings. The van der Waals surface area contributed by atoms with Gasteiger partial charge in [0.2, 0.25) is 0 Å². The Kier molecular flexibility index (Phi) is 5.85. The summed E-state index contributed by atoms with van der Waals surface area (Å²) in [5, 5.41) is 8.54. The molecule has 21 heavy (non-hydrogen) atoms. The first kappa shape index (κ1) is 18.0. The number of aliphatic carboxylic acids is 1. The van der Waals surface area contributed by atoms with E-state index in [1.807, 2.05) is 0 Å². The lowest BCUT2D eigenvalue weighted by atomic mass is 10.1. The molecule has 0 saturated carbocycles. The van der Waals surface area contributed by atoms with Gasteiger partial charge < -0.3 is 5.11 Å². The lowest BCUT2D eigenvalue weighted by molar-refractivity contribution is -0.136. The van der Waals surface area contributed by atoms with Gasteiger partial charge in [-0.25, -0.2) is 0 Å². The van der Waals surface area contributed by atoms with Crippen molar-refractivity contribution >= 4 is 29.5 Å². The largest absolute Gasteiger partial charge is 0.481 e. The van der Waals surface area contributed by atoms with Gasteiger partial charge in [-0.05, 0) is 41.6 Å². The summed E-state index contributed by atoms with van der Waals surface area (Å²) < 4.78 is 74.6. The maximum Gasteiger partial charge on any atom is 0.446 e. The molecule has 0 aliphatic carbocycles. The molecule has 0 saturated heterocycles. The van der Waals surface area contributed by atoms with Crippen LogP contribution in [0.5, 0.6) is 0 Å². The summed E-state index contributed by atoms with van der Waals surface area (Å²) in [4.78, 5) is 9.28. The van der Waals surface area contributed by atoms with E-state index in [1.54, 1.807) is 0 Å². The molecule has 1 aromatic carbocycles. The highest BCUT2D eigenvalue weighted by Crippen LogP contribution is 2.47. The van der Waals surface area contributed by atoms with Crippen LogP contribution in [0.25, 0.3) is 0 Å². The van der Waals surface area contributed by atoms with Crippen molar-refractivity contribution in [3.63, 3.8) is 0 Å². The van der Waals surface area contributed by atoms with E-state index >= 15 is 0 Å². The van der Waals surface area contributed by atoms with Crippen LogP contribution in [0.2, 0.25) is 0 Å². The minimum absolute atomic E-state index is 0.0750. The van der Waals surface area contributed by atoms with Crippen LogP contribution < -0.4 is 0 Å². The summed E-state index contributed by atoms with van der Waals surface area (Å²) in [5.41, 5.74) is -9.57. The fourth-order valence-corrected chi connectivity index (χ4v) is 3.01. The van der Waals surface area contributed by atoms with Gasteiger partial charge in [0, 0.05) is 16.2 Å². The van der Waals surface area contributed by atoms with Gasteiger partial charge in [0.1, 0.15) is 0 Å². The number of aryl methyl sites for hydroxylation is 1. The SMILES string of the molecule is O=C(O)CCc1cccc(SC(F)(F)F)c1SC(F)(F)F. The maximum absolute atomic E-state index is 12.5. The van der Waals surface area contributed by atoms with E-state index in [1.165, 1.54) is 12.1 Å². The fourth-order valence-electron chi connectivity index (χ4n) is 1.44. The quantitative estimate of drug-likeness (QED) is 0.604. The fraction of sp³-hybridized carbons (Fsp3) is 0.364. The Bertz CT molecular complexity index is 512. The predicted octanol–water partition coefficient (Wildman–Crippen LogP) is 4.93. The van der Waals surface area contributed by atoms with Gasteiger partial charge in [-0.1, -0.05) is 12.1 Å². The van der Waals surface area contributed by atoms with Crippen molar-refractivity contribution in [1.29, 1.82) is 0 Å². The second-order valence-corrected chi connectivity index (χ2v) is 5.92. The molecule has 0 bridgehead atoms. The second-order valence-electron chi connectivity index (χ2n) is 3.73. The van der Waals surface area contributed by atoms with Gasteiger partial charge in [-0.3, -0.25) is 4.79 Å². The van der Waals surface area contributed by atoms with Crippen molar-refractivity contribution in [3.8, 4) is 0 Å². The zero-order valence-electron chi connectivity index (χ0n) is 10.1. The molecule has 1 rings (SSSR count). The number of halogens is 6. The number of carboxylic acid groups (broad SMARTS) is 1. The van der Waals surface area contributed by atoms with Crippen LogP contribution >= 0.6 is 23.5 Å². The van der Waals surface area contributed by atoms with E-state index in [9.17, 15) is 31.1 Å². The van der Waals surface area contributed by atoms with Crippen molar-refractivity contribution < 1.29 is 36.2 Å². The Balaban J connectivity index is 3.17. The molecule has 0 aliphatic rings. The van der Waals surface area contributed by atoms with Crippen LogP contribution in [0.1, 0.15) is 12.0 Å². The predicted molar refractivity (Wildman–Crippen MR) is 66.2 cm³/mol. The van der Waals surface area contributed by atoms with Crippen molar-refractivity contribution in [2.75, 3.05) is 0 Å². The van der Waals surface area contributed by atoms with Gasteiger partial charge in [0.05, 0.1) is 0 Å². The number of thioether (sulfide) groups is 2. The number of benzene rings is 1. The van der Waals surface area contributed by atoms with Gasteiger partial charge in [-0.15, -0.1) is 0 Å². The molecule has 118 valence electrons. The number of hydrogen-bond donors (Lipinski definition) is 1. The van der Waals surface area contributed by atoms with Crippen molar-refractivity contribution in [2.24, 2.45) is 0 Å². The molecule has 0 radical (unpaired) electrons. The minimum Gasteiger partial charge on any atom is -0.481 e. The van der Waals surface area contributed by atoms with Crippen LogP contribution in [0.15, 0.2) is 28.0 Å². The normalized spacial score (nSPS) is 12.5. The standard InChI is InChI=1S/C11H8F6O2S2/c12-10(13,14)20-7-3-1-2-6(4-5-8(18)19)9(7)21-11(15,16)17/h1-3H,4-5H2,(H,18,19). The van der Waals surface area contributed by atoms with Gasteiger partial charge in [-0.2, -0.15) is 26.3 Å². The van der Waals surface area contributed by atoms with Crippen molar-refractivity contribution in [3.05, 3.63) is 23.8 Å². The first-order chi connectivity index (χ1) is 9.48. The zero-order valence-corrected chi connectivity index (χ0v) is 11.7. The van der Waals surface area contributed by atoms with Crippen LogP contribution in [0, 0.1) is 0 Å². The lowest BCUT2D eigenvalue weighted by Crippen LogP contribution is -2.06. The number of alkyl halides is 6. The monoisotopic (exact) mass is 350 g/mol. The molecule has 0 unspecified atom stereocenters. The summed E-state index contributed by atoms with van der Waals surface area (Å²) in [6.45, 7) is 0. The summed E-state index contributed by atoms with van der Waals surface area (Å²) in [6.07, 6.45) is -0.744. The smallest absolute Gasteiger partial charge is 0.446 e. The minimum atomic E-state index is -4.76. The number of hydrogen-bond acceptors (Lipinski definition) is 3.